The molecule has 1 aromatic rings. The SMILES string of the molecule is CC(C)N(CCNC(=O)C1c2ccccc2CCN1C(=O)OC(C)(C)C)C(C)C. The first kappa shape index (κ1) is 23.2. The van der Waals surface area contributed by atoms with Crippen LogP contribution in [0.4, 0.5) is 4.79 Å². The number of carbonyl (C=O) groups is 2. The minimum absolute atomic E-state index is 0.157. The number of nitrogens with zero attached hydrogens (tertiary/aromatic N) is 2. The number of rotatable bonds is 6. The van der Waals surface area contributed by atoms with Gasteiger partial charge in [-0.2, -0.15) is 0 Å². The smallest absolute Gasteiger partial charge is 0.411 e. The van der Waals surface area contributed by atoms with Crippen LogP contribution in [0.3, 0.4) is 0 Å². The molecule has 0 radical (unpaired) electrons. The van der Waals surface area contributed by atoms with Gasteiger partial charge in [0.25, 0.3) is 0 Å². The maximum absolute atomic E-state index is 13.2. The van der Waals surface area contributed by atoms with E-state index in [0.29, 0.717) is 31.6 Å². The lowest BCUT2D eigenvalue weighted by Crippen LogP contribution is -2.50. The van der Waals surface area contributed by atoms with Gasteiger partial charge in [-0.15, -0.1) is 0 Å². The van der Waals surface area contributed by atoms with Crippen LogP contribution >= 0.6 is 0 Å². The predicted octanol–water partition coefficient (Wildman–Crippen LogP) is 3.76. The number of hydrogen-bond acceptors (Lipinski definition) is 4. The molecule has 0 saturated heterocycles. The molecule has 0 spiro atoms. The first-order valence-corrected chi connectivity index (χ1v) is 10.6. The van der Waals surface area contributed by atoms with E-state index in [0.717, 1.165) is 17.7 Å². The van der Waals surface area contributed by atoms with Crippen LogP contribution in [-0.2, 0) is 16.0 Å². The third-order valence-corrected chi connectivity index (χ3v) is 5.16. The summed E-state index contributed by atoms with van der Waals surface area (Å²) in [5.74, 6) is -0.157. The molecule has 1 N–H and O–H groups in total. The van der Waals surface area contributed by atoms with Crippen molar-refractivity contribution in [1.29, 1.82) is 0 Å². The highest BCUT2D eigenvalue weighted by atomic mass is 16.6. The molecule has 1 aliphatic rings. The molecule has 1 aromatic carbocycles. The number of hydrogen-bond donors (Lipinski definition) is 1. The van der Waals surface area contributed by atoms with Crippen molar-refractivity contribution in [3.05, 3.63) is 35.4 Å². The van der Waals surface area contributed by atoms with Crippen molar-refractivity contribution in [2.24, 2.45) is 0 Å². The van der Waals surface area contributed by atoms with Crippen molar-refractivity contribution in [2.75, 3.05) is 19.6 Å². The van der Waals surface area contributed by atoms with E-state index in [1.165, 1.54) is 0 Å². The summed E-state index contributed by atoms with van der Waals surface area (Å²) >= 11 is 0. The predicted molar refractivity (Wildman–Crippen MR) is 116 cm³/mol. The second kappa shape index (κ2) is 9.61. The fourth-order valence-electron chi connectivity index (χ4n) is 3.88. The van der Waals surface area contributed by atoms with Gasteiger partial charge in [-0.1, -0.05) is 24.3 Å². The molecule has 1 aliphatic heterocycles. The van der Waals surface area contributed by atoms with Crippen LogP contribution in [0, 0.1) is 0 Å². The average molecular weight is 404 g/mol. The Bertz CT molecular complexity index is 702. The van der Waals surface area contributed by atoms with Gasteiger partial charge in [0, 0.05) is 31.7 Å². The van der Waals surface area contributed by atoms with Gasteiger partial charge in [0.1, 0.15) is 11.6 Å². The highest BCUT2D eigenvalue weighted by Crippen LogP contribution is 2.31. The van der Waals surface area contributed by atoms with Crippen molar-refractivity contribution in [3.8, 4) is 0 Å². The van der Waals surface area contributed by atoms with Crippen molar-refractivity contribution >= 4 is 12.0 Å². The van der Waals surface area contributed by atoms with Gasteiger partial charge in [0.2, 0.25) is 5.91 Å². The van der Waals surface area contributed by atoms with E-state index in [1.54, 1.807) is 4.90 Å². The molecule has 0 saturated carbocycles. The van der Waals surface area contributed by atoms with Crippen LogP contribution in [-0.4, -0.2) is 59.1 Å². The van der Waals surface area contributed by atoms with Crippen molar-refractivity contribution in [1.82, 2.24) is 15.1 Å². The minimum Gasteiger partial charge on any atom is -0.444 e. The zero-order valence-electron chi connectivity index (χ0n) is 19.0. The van der Waals surface area contributed by atoms with Crippen LogP contribution in [0.25, 0.3) is 0 Å². The molecule has 29 heavy (non-hydrogen) atoms. The molecule has 1 atom stereocenters. The standard InChI is InChI=1S/C23H37N3O3/c1-16(2)25(17(3)4)15-13-24-21(27)20-19-11-9-8-10-18(19)12-14-26(20)22(28)29-23(5,6)7/h8-11,16-17,20H,12-15H2,1-7H3,(H,24,27). The van der Waals surface area contributed by atoms with Crippen molar-refractivity contribution in [2.45, 2.75) is 78.6 Å². The lowest BCUT2D eigenvalue weighted by atomic mass is 9.92. The first-order chi connectivity index (χ1) is 13.5. The third-order valence-electron chi connectivity index (χ3n) is 5.16. The highest BCUT2D eigenvalue weighted by Gasteiger charge is 2.37. The van der Waals surface area contributed by atoms with E-state index in [9.17, 15) is 9.59 Å². The van der Waals surface area contributed by atoms with E-state index in [2.05, 4.69) is 37.9 Å². The monoisotopic (exact) mass is 403 g/mol. The molecule has 0 aliphatic carbocycles. The average Bonchev–Trinajstić information content (AvgIpc) is 2.61. The van der Waals surface area contributed by atoms with E-state index >= 15 is 0 Å². The van der Waals surface area contributed by atoms with Gasteiger partial charge in [0.05, 0.1) is 0 Å². The Morgan fingerprint density at radius 2 is 1.79 bits per heavy atom. The molecular weight excluding hydrogens is 366 g/mol. The number of amides is 2. The van der Waals surface area contributed by atoms with Gasteiger partial charge in [-0.05, 0) is 66.0 Å². The number of benzene rings is 1. The van der Waals surface area contributed by atoms with Gasteiger partial charge < -0.3 is 10.1 Å². The van der Waals surface area contributed by atoms with Gasteiger partial charge >= 0.3 is 6.09 Å². The zero-order valence-corrected chi connectivity index (χ0v) is 19.0. The summed E-state index contributed by atoms with van der Waals surface area (Å²) in [4.78, 5) is 29.9. The highest BCUT2D eigenvalue weighted by molar-refractivity contribution is 5.87. The van der Waals surface area contributed by atoms with E-state index in [-0.39, 0.29) is 5.91 Å². The topological polar surface area (TPSA) is 61.9 Å². The van der Waals surface area contributed by atoms with Gasteiger partial charge in [-0.25, -0.2) is 4.79 Å². The molecule has 1 heterocycles. The fraction of sp³-hybridized carbons (Fsp3) is 0.652. The Balaban J connectivity index is 2.17. The summed E-state index contributed by atoms with van der Waals surface area (Å²) < 4.78 is 5.58. The summed E-state index contributed by atoms with van der Waals surface area (Å²) in [6.45, 7) is 15.9. The molecular formula is C23H37N3O3. The van der Waals surface area contributed by atoms with Crippen LogP contribution in [0.1, 0.15) is 65.6 Å². The van der Waals surface area contributed by atoms with Gasteiger partial charge in [-0.3, -0.25) is 14.6 Å². The normalized spacial score (nSPS) is 16.9. The Morgan fingerprint density at radius 3 is 2.38 bits per heavy atom. The molecule has 0 aromatic heterocycles. The zero-order chi connectivity index (χ0) is 21.8. The molecule has 1 unspecified atom stereocenters. The summed E-state index contributed by atoms with van der Waals surface area (Å²) in [6.07, 6.45) is 0.270. The van der Waals surface area contributed by atoms with Crippen molar-refractivity contribution in [3.63, 3.8) is 0 Å². The summed E-state index contributed by atoms with van der Waals surface area (Å²) in [6, 6.07) is 7.99. The van der Waals surface area contributed by atoms with E-state index < -0.39 is 17.7 Å². The number of carbonyl (C=O) groups excluding carboxylic acids is 2. The van der Waals surface area contributed by atoms with Crippen molar-refractivity contribution < 1.29 is 14.3 Å². The van der Waals surface area contributed by atoms with Crippen LogP contribution in [0.2, 0.25) is 0 Å². The lowest BCUT2D eigenvalue weighted by Gasteiger charge is -2.37. The second-order valence-corrected chi connectivity index (χ2v) is 9.24. The Hall–Kier alpha value is -2.08. The molecule has 6 heteroatoms. The number of fused-ring (bicyclic) bond motifs is 1. The first-order valence-electron chi connectivity index (χ1n) is 10.6. The largest absolute Gasteiger partial charge is 0.444 e. The van der Waals surface area contributed by atoms with E-state index in [4.69, 9.17) is 4.74 Å². The molecule has 0 bridgehead atoms. The molecule has 6 nitrogen and oxygen atoms in total. The molecule has 162 valence electrons. The number of ether oxygens (including phenoxy) is 1. The Kier molecular flexibility index (Phi) is 7.69. The number of nitrogens with one attached hydrogen (secondary N) is 1. The molecule has 2 rings (SSSR count). The van der Waals surface area contributed by atoms with E-state index in [1.807, 2.05) is 45.0 Å². The second-order valence-electron chi connectivity index (χ2n) is 9.24. The molecule has 0 fully saturated rings. The Labute approximate surface area is 175 Å². The van der Waals surface area contributed by atoms with Crippen LogP contribution in [0.15, 0.2) is 24.3 Å². The quantitative estimate of drug-likeness (QED) is 0.786. The third kappa shape index (κ3) is 6.20. The maximum Gasteiger partial charge on any atom is 0.411 e. The van der Waals surface area contributed by atoms with Crippen LogP contribution in [0.5, 0.6) is 0 Å². The summed E-state index contributed by atoms with van der Waals surface area (Å²) in [5.41, 5.74) is 1.38. The fourth-order valence-corrected chi connectivity index (χ4v) is 3.88. The Morgan fingerprint density at radius 1 is 1.17 bits per heavy atom. The summed E-state index contributed by atoms with van der Waals surface area (Å²) in [5, 5.41) is 3.05. The van der Waals surface area contributed by atoms with Gasteiger partial charge in [0.15, 0.2) is 0 Å². The summed E-state index contributed by atoms with van der Waals surface area (Å²) in [7, 11) is 0. The maximum atomic E-state index is 13.2. The lowest BCUT2D eigenvalue weighted by molar-refractivity contribution is -0.127. The molecule has 2 amide bonds. The minimum atomic E-state index is -0.665. The van der Waals surface area contributed by atoms with Crippen LogP contribution < -0.4 is 5.32 Å².